The molecule has 0 bridgehead atoms. The first-order valence-corrected chi connectivity index (χ1v) is 3.76. The summed E-state index contributed by atoms with van der Waals surface area (Å²) in [6.07, 6.45) is 0. The van der Waals surface area contributed by atoms with Gasteiger partial charge in [-0.15, -0.1) is 0 Å². The predicted octanol–water partition coefficient (Wildman–Crippen LogP) is 2.77. The summed E-state index contributed by atoms with van der Waals surface area (Å²) in [4.78, 5) is 0. The average molecular weight is 222 g/mol. The second kappa shape index (κ2) is 3.17. The molecule has 1 rings (SSSR count). The molecule has 0 unspecified atom stereocenters. The van der Waals surface area contributed by atoms with Crippen LogP contribution >= 0.6 is 15.9 Å². The zero-order valence-corrected chi connectivity index (χ0v) is 7.37. The summed E-state index contributed by atoms with van der Waals surface area (Å²) in [5.41, 5.74) is 0.150. The van der Waals surface area contributed by atoms with Crippen molar-refractivity contribution in [2.75, 3.05) is 12.4 Å². The van der Waals surface area contributed by atoms with Gasteiger partial charge in [0.25, 0.3) is 0 Å². The van der Waals surface area contributed by atoms with Crippen molar-refractivity contribution in [1.82, 2.24) is 0 Å². The monoisotopic (exact) mass is 221 g/mol. The number of hydrogen-bond acceptors (Lipinski definition) is 1. The predicted molar refractivity (Wildman–Crippen MR) is 43.6 cm³/mol. The summed E-state index contributed by atoms with van der Waals surface area (Å²) in [5, 5.41) is 2.53. The maximum Gasteiger partial charge on any atom is 0.181 e. The summed E-state index contributed by atoms with van der Waals surface area (Å²) in [6.45, 7) is 0. The van der Waals surface area contributed by atoms with Crippen LogP contribution in [-0.2, 0) is 0 Å². The summed E-state index contributed by atoms with van der Waals surface area (Å²) >= 11 is 3.04. The summed E-state index contributed by atoms with van der Waals surface area (Å²) < 4.78 is 25.8. The molecule has 1 N–H and O–H groups in total. The molecule has 0 radical (unpaired) electrons. The largest absolute Gasteiger partial charge is 0.386 e. The van der Waals surface area contributed by atoms with E-state index in [4.69, 9.17) is 0 Å². The highest BCUT2D eigenvalue weighted by Crippen LogP contribution is 2.22. The minimum Gasteiger partial charge on any atom is -0.386 e. The number of hydrogen-bond donors (Lipinski definition) is 1. The van der Waals surface area contributed by atoms with Crippen LogP contribution in [0, 0.1) is 11.6 Å². The van der Waals surface area contributed by atoms with Crippen LogP contribution in [0.25, 0.3) is 0 Å². The topological polar surface area (TPSA) is 12.0 Å². The third kappa shape index (κ3) is 1.68. The maximum absolute atomic E-state index is 12.7. The lowest BCUT2D eigenvalue weighted by Gasteiger charge is -2.02. The van der Waals surface area contributed by atoms with E-state index in [2.05, 4.69) is 21.2 Å². The Hall–Kier alpha value is -0.640. The Bertz CT molecular complexity index is 275. The van der Waals surface area contributed by atoms with Crippen LogP contribution in [0.4, 0.5) is 14.5 Å². The van der Waals surface area contributed by atoms with Gasteiger partial charge < -0.3 is 5.32 Å². The molecule has 4 heteroatoms. The minimum atomic E-state index is -0.858. The molecule has 0 aliphatic heterocycles. The lowest BCUT2D eigenvalue weighted by molar-refractivity contribution is 0.511. The standard InChI is InChI=1S/C7H6BrF2N/c1-11-6-3-4(8)2-5(9)7(6)10/h2-3,11H,1H3. The second-order valence-corrected chi connectivity index (χ2v) is 2.91. The molecule has 1 nitrogen and oxygen atoms in total. The van der Waals surface area contributed by atoms with Crippen molar-refractivity contribution in [3.05, 3.63) is 28.2 Å². The molecule has 0 heterocycles. The van der Waals surface area contributed by atoms with Crippen molar-refractivity contribution in [3.63, 3.8) is 0 Å². The van der Waals surface area contributed by atoms with Crippen molar-refractivity contribution in [3.8, 4) is 0 Å². The first kappa shape index (κ1) is 8.46. The molecule has 0 spiro atoms. The maximum atomic E-state index is 12.7. The summed E-state index contributed by atoms with van der Waals surface area (Å²) in [7, 11) is 1.53. The minimum absolute atomic E-state index is 0.150. The van der Waals surface area contributed by atoms with E-state index in [0.717, 1.165) is 6.07 Å². The highest BCUT2D eigenvalue weighted by Gasteiger charge is 2.07. The van der Waals surface area contributed by atoms with E-state index in [0.29, 0.717) is 4.47 Å². The number of halogens is 3. The fourth-order valence-corrected chi connectivity index (χ4v) is 1.17. The quantitative estimate of drug-likeness (QED) is 0.720. The normalized spacial score (nSPS) is 9.82. The Kier molecular flexibility index (Phi) is 2.44. The highest BCUT2D eigenvalue weighted by atomic mass is 79.9. The van der Waals surface area contributed by atoms with Crippen molar-refractivity contribution in [1.29, 1.82) is 0 Å². The smallest absolute Gasteiger partial charge is 0.181 e. The van der Waals surface area contributed by atoms with Gasteiger partial charge in [0.15, 0.2) is 11.6 Å². The van der Waals surface area contributed by atoms with Gasteiger partial charge in [0.05, 0.1) is 5.69 Å². The first-order valence-electron chi connectivity index (χ1n) is 2.97. The molecule has 1 aromatic rings. The molecular formula is C7H6BrF2N. The number of benzene rings is 1. The molecule has 11 heavy (non-hydrogen) atoms. The van der Waals surface area contributed by atoms with Gasteiger partial charge in [-0.2, -0.15) is 0 Å². The molecule has 0 saturated carbocycles. The molecule has 0 atom stereocenters. The van der Waals surface area contributed by atoms with Crippen LogP contribution in [0.15, 0.2) is 16.6 Å². The summed E-state index contributed by atoms with van der Waals surface area (Å²) in [6, 6.07) is 2.55. The molecule has 60 valence electrons. The van der Waals surface area contributed by atoms with Crippen LogP contribution in [0.1, 0.15) is 0 Å². The Morgan fingerprint density at radius 3 is 2.55 bits per heavy atom. The van der Waals surface area contributed by atoms with E-state index in [1.165, 1.54) is 13.1 Å². The van der Waals surface area contributed by atoms with Gasteiger partial charge in [0.1, 0.15) is 0 Å². The Labute approximate surface area is 71.5 Å². The SMILES string of the molecule is CNc1cc(Br)cc(F)c1F. The highest BCUT2D eigenvalue weighted by molar-refractivity contribution is 9.10. The second-order valence-electron chi connectivity index (χ2n) is 2.00. The van der Waals surface area contributed by atoms with Crippen molar-refractivity contribution in [2.45, 2.75) is 0 Å². The van der Waals surface area contributed by atoms with Gasteiger partial charge in [-0.1, -0.05) is 15.9 Å². The molecule has 0 saturated heterocycles. The van der Waals surface area contributed by atoms with E-state index in [1.54, 1.807) is 0 Å². The van der Waals surface area contributed by atoms with E-state index >= 15 is 0 Å². The van der Waals surface area contributed by atoms with Crippen molar-refractivity contribution >= 4 is 21.6 Å². The van der Waals surface area contributed by atoms with Crippen molar-refractivity contribution < 1.29 is 8.78 Å². The Morgan fingerprint density at radius 2 is 2.00 bits per heavy atom. The lowest BCUT2D eigenvalue weighted by Crippen LogP contribution is -1.95. The van der Waals surface area contributed by atoms with Crippen LogP contribution < -0.4 is 5.32 Å². The van der Waals surface area contributed by atoms with Crippen LogP contribution in [0.5, 0.6) is 0 Å². The molecule has 0 aliphatic rings. The first-order chi connectivity index (χ1) is 5.15. The van der Waals surface area contributed by atoms with E-state index in [9.17, 15) is 8.78 Å². The van der Waals surface area contributed by atoms with E-state index in [-0.39, 0.29) is 5.69 Å². The van der Waals surface area contributed by atoms with Gasteiger partial charge in [-0.25, -0.2) is 8.78 Å². The van der Waals surface area contributed by atoms with E-state index in [1.807, 2.05) is 0 Å². The number of nitrogens with one attached hydrogen (secondary N) is 1. The lowest BCUT2D eigenvalue weighted by atomic mass is 10.3. The summed E-state index contributed by atoms with van der Waals surface area (Å²) in [5.74, 6) is -1.71. The molecule has 1 aromatic carbocycles. The number of rotatable bonds is 1. The zero-order chi connectivity index (χ0) is 8.43. The van der Waals surface area contributed by atoms with Gasteiger partial charge in [-0.05, 0) is 12.1 Å². The Morgan fingerprint density at radius 1 is 1.36 bits per heavy atom. The van der Waals surface area contributed by atoms with Crippen LogP contribution in [0.2, 0.25) is 0 Å². The molecule has 0 fully saturated rings. The number of anilines is 1. The third-order valence-corrected chi connectivity index (χ3v) is 1.72. The average Bonchev–Trinajstić information content (AvgIpc) is 1.96. The molecule has 0 aromatic heterocycles. The van der Waals surface area contributed by atoms with Crippen LogP contribution in [0.3, 0.4) is 0 Å². The zero-order valence-electron chi connectivity index (χ0n) is 5.79. The van der Waals surface area contributed by atoms with Gasteiger partial charge in [0.2, 0.25) is 0 Å². The van der Waals surface area contributed by atoms with Crippen molar-refractivity contribution in [2.24, 2.45) is 0 Å². The molecule has 0 aliphatic carbocycles. The molecule has 0 amide bonds. The fourth-order valence-electron chi connectivity index (χ4n) is 0.738. The van der Waals surface area contributed by atoms with Gasteiger partial charge in [0, 0.05) is 11.5 Å². The third-order valence-electron chi connectivity index (χ3n) is 1.26. The van der Waals surface area contributed by atoms with Gasteiger partial charge in [-0.3, -0.25) is 0 Å². The van der Waals surface area contributed by atoms with E-state index < -0.39 is 11.6 Å². The Balaban J connectivity index is 3.24. The van der Waals surface area contributed by atoms with Crippen LogP contribution in [-0.4, -0.2) is 7.05 Å². The fraction of sp³-hybridized carbons (Fsp3) is 0.143. The van der Waals surface area contributed by atoms with Gasteiger partial charge >= 0.3 is 0 Å². The molecular weight excluding hydrogens is 216 g/mol.